The highest BCUT2D eigenvalue weighted by atomic mass is 19.1. The molecule has 1 aliphatic rings. The Labute approximate surface area is 101 Å². The van der Waals surface area contributed by atoms with Crippen LogP contribution in [0.1, 0.15) is 35.7 Å². The van der Waals surface area contributed by atoms with Gasteiger partial charge < -0.3 is 4.74 Å². The minimum atomic E-state index is -0.428. The molecule has 2 unspecified atom stereocenters. The van der Waals surface area contributed by atoms with Gasteiger partial charge in [0.2, 0.25) is 0 Å². The lowest BCUT2D eigenvalue weighted by Gasteiger charge is -2.16. The van der Waals surface area contributed by atoms with Gasteiger partial charge in [-0.05, 0) is 31.9 Å². The molecule has 2 nitrogen and oxygen atoms in total. The molecule has 1 saturated heterocycles. The summed E-state index contributed by atoms with van der Waals surface area (Å²) in [5, 5.41) is 0. The van der Waals surface area contributed by atoms with Gasteiger partial charge in [-0.25, -0.2) is 4.39 Å². The summed E-state index contributed by atoms with van der Waals surface area (Å²) < 4.78 is 19.1. The van der Waals surface area contributed by atoms with Crippen molar-refractivity contribution in [2.24, 2.45) is 5.92 Å². The molecule has 0 radical (unpaired) electrons. The van der Waals surface area contributed by atoms with E-state index in [2.05, 4.69) is 0 Å². The van der Waals surface area contributed by atoms with Gasteiger partial charge in [-0.3, -0.25) is 4.79 Å². The Morgan fingerprint density at radius 3 is 3.00 bits per heavy atom. The molecule has 2 atom stereocenters. The number of benzene rings is 1. The summed E-state index contributed by atoms with van der Waals surface area (Å²) in [6, 6.07) is 4.66. The fraction of sp³-hybridized carbons (Fsp3) is 0.500. The van der Waals surface area contributed by atoms with Crippen LogP contribution in [0, 0.1) is 18.7 Å². The highest BCUT2D eigenvalue weighted by molar-refractivity contribution is 5.98. The normalized spacial score (nSPS) is 23.9. The first-order chi connectivity index (χ1) is 8.13. The maximum atomic E-state index is 13.6. The van der Waals surface area contributed by atoms with Crippen molar-refractivity contribution in [3.05, 3.63) is 35.1 Å². The van der Waals surface area contributed by atoms with Crippen molar-refractivity contribution < 1.29 is 13.9 Å². The SMILES string of the molecule is CCC1OCCC1C(=O)c1cc(C)ccc1F. The van der Waals surface area contributed by atoms with E-state index in [9.17, 15) is 9.18 Å². The number of hydrogen-bond acceptors (Lipinski definition) is 2. The molecule has 0 spiro atoms. The maximum absolute atomic E-state index is 13.6. The number of Topliss-reactive ketones (excluding diaryl/α,β-unsaturated/α-hetero) is 1. The minimum Gasteiger partial charge on any atom is -0.377 e. The van der Waals surface area contributed by atoms with Crippen LogP contribution in [0.5, 0.6) is 0 Å². The molecule has 1 aromatic carbocycles. The molecule has 0 N–H and O–H groups in total. The average Bonchev–Trinajstić information content (AvgIpc) is 2.79. The molecule has 0 aromatic heterocycles. The quantitative estimate of drug-likeness (QED) is 0.754. The molecule has 1 heterocycles. The third-order valence-corrected chi connectivity index (χ3v) is 3.34. The summed E-state index contributed by atoms with van der Waals surface area (Å²) in [7, 11) is 0. The third-order valence-electron chi connectivity index (χ3n) is 3.34. The number of ketones is 1. The van der Waals surface area contributed by atoms with E-state index in [4.69, 9.17) is 4.74 Å². The standard InChI is InChI=1S/C14H17FO2/c1-3-13-10(6-7-17-13)14(16)11-8-9(2)4-5-12(11)15/h4-5,8,10,13H,3,6-7H2,1-2H3. The van der Waals surface area contributed by atoms with E-state index >= 15 is 0 Å². The van der Waals surface area contributed by atoms with Crippen molar-refractivity contribution in [3.8, 4) is 0 Å². The predicted molar refractivity (Wildman–Crippen MR) is 63.6 cm³/mol. The first kappa shape index (κ1) is 12.2. The van der Waals surface area contributed by atoms with Crippen molar-refractivity contribution in [1.82, 2.24) is 0 Å². The number of ether oxygens (including phenoxy) is 1. The van der Waals surface area contributed by atoms with E-state index in [1.165, 1.54) is 6.07 Å². The van der Waals surface area contributed by atoms with Gasteiger partial charge in [0.1, 0.15) is 5.82 Å². The Morgan fingerprint density at radius 2 is 2.29 bits per heavy atom. The maximum Gasteiger partial charge on any atom is 0.171 e. The lowest BCUT2D eigenvalue weighted by molar-refractivity contribution is 0.0686. The Bertz CT molecular complexity index is 428. The smallest absolute Gasteiger partial charge is 0.171 e. The molecule has 2 rings (SSSR count). The van der Waals surface area contributed by atoms with Gasteiger partial charge in [-0.1, -0.05) is 18.6 Å². The fourth-order valence-electron chi connectivity index (χ4n) is 2.38. The molecule has 17 heavy (non-hydrogen) atoms. The van der Waals surface area contributed by atoms with Gasteiger partial charge in [0.25, 0.3) is 0 Å². The van der Waals surface area contributed by atoms with Crippen molar-refractivity contribution in [2.75, 3.05) is 6.61 Å². The second-order valence-corrected chi connectivity index (χ2v) is 4.56. The lowest BCUT2D eigenvalue weighted by atomic mass is 9.90. The second-order valence-electron chi connectivity index (χ2n) is 4.56. The molecule has 3 heteroatoms. The van der Waals surface area contributed by atoms with Crippen LogP contribution in [-0.2, 0) is 4.74 Å². The Hall–Kier alpha value is -1.22. The molecule has 0 bridgehead atoms. The molecule has 0 amide bonds. The zero-order valence-electron chi connectivity index (χ0n) is 10.2. The molecule has 92 valence electrons. The van der Waals surface area contributed by atoms with Crippen molar-refractivity contribution in [3.63, 3.8) is 0 Å². The van der Waals surface area contributed by atoms with Crippen LogP contribution in [-0.4, -0.2) is 18.5 Å². The molecule has 0 saturated carbocycles. The van der Waals surface area contributed by atoms with Gasteiger partial charge in [0, 0.05) is 6.61 Å². The number of aryl methyl sites for hydroxylation is 1. The lowest BCUT2D eigenvalue weighted by Crippen LogP contribution is -2.24. The topological polar surface area (TPSA) is 26.3 Å². The molecular weight excluding hydrogens is 219 g/mol. The Kier molecular flexibility index (Phi) is 3.57. The first-order valence-corrected chi connectivity index (χ1v) is 6.05. The van der Waals surface area contributed by atoms with Crippen LogP contribution in [0.4, 0.5) is 4.39 Å². The second kappa shape index (κ2) is 4.96. The highest BCUT2D eigenvalue weighted by Crippen LogP contribution is 2.28. The monoisotopic (exact) mass is 236 g/mol. The summed E-state index contributed by atoms with van der Waals surface area (Å²) >= 11 is 0. The van der Waals surface area contributed by atoms with E-state index in [1.807, 2.05) is 13.8 Å². The van der Waals surface area contributed by atoms with Gasteiger partial charge in [0.05, 0.1) is 17.6 Å². The molecule has 1 aromatic rings. The van der Waals surface area contributed by atoms with E-state index in [0.29, 0.717) is 13.0 Å². The largest absolute Gasteiger partial charge is 0.377 e. The van der Waals surface area contributed by atoms with E-state index in [0.717, 1.165) is 12.0 Å². The average molecular weight is 236 g/mol. The van der Waals surface area contributed by atoms with Crippen molar-refractivity contribution in [2.45, 2.75) is 32.8 Å². The Balaban J connectivity index is 2.27. The molecule has 0 aliphatic carbocycles. The number of hydrogen-bond donors (Lipinski definition) is 0. The molecular formula is C14H17FO2. The molecule has 1 aliphatic heterocycles. The summed E-state index contributed by atoms with van der Waals surface area (Å²) in [5.74, 6) is -0.728. The third kappa shape index (κ3) is 2.39. The summed E-state index contributed by atoms with van der Waals surface area (Å²) in [4.78, 5) is 12.3. The Morgan fingerprint density at radius 1 is 1.53 bits per heavy atom. The summed E-state index contributed by atoms with van der Waals surface area (Å²) in [5.41, 5.74) is 1.11. The van der Waals surface area contributed by atoms with Crippen LogP contribution < -0.4 is 0 Å². The molecule has 1 fully saturated rings. The summed E-state index contributed by atoms with van der Waals surface area (Å²) in [6.07, 6.45) is 1.44. The number of rotatable bonds is 3. The highest BCUT2D eigenvalue weighted by Gasteiger charge is 2.34. The van der Waals surface area contributed by atoms with E-state index in [1.54, 1.807) is 12.1 Å². The van der Waals surface area contributed by atoms with Crippen LogP contribution >= 0.6 is 0 Å². The number of carbonyl (C=O) groups is 1. The van der Waals surface area contributed by atoms with Crippen LogP contribution in [0.2, 0.25) is 0 Å². The van der Waals surface area contributed by atoms with Crippen molar-refractivity contribution in [1.29, 1.82) is 0 Å². The zero-order chi connectivity index (χ0) is 12.4. The van der Waals surface area contributed by atoms with E-state index in [-0.39, 0.29) is 23.4 Å². The predicted octanol–water partition coefficient (Wildman–Crippen LogP) is 3.13. The van der Waals surface area contributed by atoms with Gasteiger partial charge in [0.15, 0.2) is 5.78 Å². The first-order valence-electron chi connectivity index (χ1n) is 6.05. The summed E-state index contributed by atoms with van der Waals surface area (Å²) in [6.45, 7) is 4.45. The zero-order valence-corrected chi connectivity index (χ0v) is 10.2. The number of carbonyl (C=O) groups excluding carboxylic acids is 1. The van der Waals surface area contributed by atoms with Gasteiger partial charge >= 0.3 is 0 Å². The van der Waals surface area contributed by atoms with Crippen LogP contribution in [0.25, 0.3) is 0 Å². The van der Waals surface area contributed by atoms with Crippen LogP contribution in [0.3, 0.4) is 0 Å². The van der Waals surface area contributed by atoms with E-state index < -0.39 is 5.82 Å². The van der Waals surface area contributed by atoms with Gasteiger partial charge in [-0.15, -0.1) is 0 Å². The number of halogens is 1. The van der Waals surface area contributed by atoms with Gasteiger partial charge in [-0.2, -0.15) is 0 Å². The minimum absolute atomic E-state index is 0.0533. The van der Waals surface area contributed by atoms with Crippen molar-refractivity contribution >= 4 is 5.78 Å². The van der Waals surface area contributed by atoms with Crippen LogP contribution in [0.15, 0.2) is 18.2 Å². The fourth-order valence-corrected chi connectivity index (χ4v) is 2.38.